The lowest BCUT2D eigenvalue weighted by molar-refractivity contribution is 0.691. The Morgan fingerprint density at radius 3 is 2.57 bits per heavy atom. The van der Waals surface area contributed by atoms with Crippen molar-refractivity contribution < 1.29 is 0 Å². The Morgan fingerprint density at radius 1 is 1.10 bits per heavy atom. The normalized spacial score (nSPS) is 11.2. The molecule has 2 N–H and O–H groups in total. The molecule has 0 fully saturated rings. The lowest BCUT2D eigenvalue weighted by Crippen LogP contribution is -2.29. The molecule has 0 atom stereocenters. The fourth-order valence-corrected chi connectivity index (χ4v) is 3.43. The van der Waals surface area contributed by atoms with Crippen molar-refractivity contribution in [2.24, 2.45) is 0 Å². The number of hydrogen-bond acceptors (Lipinski definition) is 4. The van der Waals surface area contributed by atoms with Crippen molar-refractivity contribution in [1.29, 1.82) is 0 Å². The van der Waals surface area contributed by atoms with Crippen LogP contribution in [0.2, 0.25) is 0 Å². The van der Waals surface area contributed by atoms with Crippen LogP contribution in [0.1, 0.15) is 19.4 Å². The van der Waals surface area contributed by atoms with Crippen LogP contribution in [0.4, 0.5) is 10.7 Å². The minimum atomic E-state index is 0.383. The number of nitrogen functional groups attached to an aromatic ring is 1. The molecule has 2 aromatic carbocycles. The number of nitrogens with zero attached hydrogens (tertiary/aromatic N) is 2. The molecule has 0 saturated carbocycles. The van der Waals surface area contributed by atoms with Crippen LogP contribution in [0.25, 0.3) is 10.9 Å². The molecule has 1 heterocycles. The molecule has 0 saturated heterocycles. The molecule has 0 bridgehead atoms. The summed E-state index contributed by atoms with van der Waals surface area (Å²) in [6.07, 6.45) is 0. The van der Waals surface area contributed by atoms with Crippen molar-refractivity contribution in [3.63, 3.8) is 0 Å². The van der Waals surface area contributed by atoms with Gasteiger partial charge in [-0.15, -0.1) is 0 Å². The first-order valence-electron chi connectivity index (χ1n) is 7.11. The minimum Gasteiger partial charge on any atom is -0.398 e. The van der Waals surface area contributed by atoms with E-state index in [4.69, 9.17) is 5.73 Å². The third-order valence-corrected chi connectivity index (χ3v) is 4.56. The third-order valence-electron chi connectivity index (χ3n) is 3.64. The first-order chi connectivity index (χ1) is 10.2. The van der Waals surface area contributed by atoms with Crippen molar-refractivity contribution in [3.05, 3.63) is 54.1 Å². The van der Waals surface area contributed by atoms with E-state index >= 15 is 0 Å². The van der Waals surface area contributed by atoms with E-state index in [0.29, 0.717) is 6.04 Å². The Kier molecular flexibility index (Phi) is 3.80. The average molecular weight is 297 g/mol. The van der Waals surface area contributed by atoms with Crippen LogP contribution >= 0.6 is 11.5 Å². The fourth-order valence-electron chi connectivity index (χ4n) is 2.43. The molecule has 0 aliphatic carbocycles. The van der Waals surface area contributed by atoms with Crippen LogP contribution in [-0.4, -0.2) is 10.4 Å². The number of aromatic nitrogens is 1. The Bertz CT molecular complexity index is 748. The Hall–Kier alpha value is -2.07. The summed E-state index contributed by atoms with van der Waals surface area (Å²) in [5.74, 6) is 0. The van der Waals surface area contributed by atoms with Gasteiger partial charge in [-0.1, -0.05) is 30.3 Å². The summed E-state index contributed by atoms with van der Waals surface area (Å²) >= 11 is 1.56. The topological polar surface area (TPSA) is 42.1 Å². The molecule has 3 rings (SSSR count). The van der Waals surface area contributed by atoms with Crippen molar-refractivity contribution >= 4 is 33.1 Å². The molecule has 0 amide bonds. The van der Waals surface area contributed by atoms with Crippen LogP contribution in [0, 0.1) is 0 Å². The van der Waals surface area contributed by atoms with Gasteiger partial charge in [0.1, 0.15) is 5.00 Å². The summed E-state index contributed by atoms with van der Waals surface area (Å²) in [7, 11) is 0. The van der Waals surface area contributed by atoms with Gasteiger partial charge in [-0.2, -0.15) is 4.37 Å². The minimum absolute atomic E-state index is 0.383. The second-order valence-electron chi connectivity index (χ2n) is 5.43. The van der Waals surface area contributed by atoms with Crippen molar-refractivity contribution in [1.82, 2.24) is 4.37 Å². The number of benzene rings is 2. The van der Waals surface area contributed by atoms with Gasteiger partial charge >= 0.3 is 0 Å². The molecule has 1 aromatic heterocycles. The van der Waals surface area contributed by atoms with Gasteiger partial charge in [0.05, 0.1) is 5.52 Å². The zero-order valence-electron chi connectivity index (χ0n) is 12.3. The molecule has 0 spiro atoms. The molecule has 21 heavy (non-hydrogen) atoms. The molecule has 0 aliphatic heterocycles. The Balaban J connectivity index is 2.01. The van der Waals surface area contributed by atoms with E-state index < -0.39 is 0 Å². The highest BCUT2D eigenvalue weighted by Gasteiger charge is 2.17. The van der Waals surface area contributed by atoms with Gasteiger partial charge in [0.2, 0.25) is 0 Å². The van der Waals surface area contributed by atoms with Gasteiger partial charge in [0.15, 0.2) is 0 Å². The van der Waals surface area contributed by atoms with Crippen molar-refractivity contribution in [2.45, 2.75) is 26.4 Å². The van der Waals surface area contributed by atoms with Gasteiger partial charge in [-0.25, -0.2) is 0 Å². The number of nitrogens with two attached hydrogens (primary N) is 1. The van der Waals surface area contributed by atoms with E-state index in [2.05, 4.69) is 47.4 Å². The summed E-state index contributed by atoms with van der Waals surface area (Å²) in [6, 6.07) is 16.7. The van der Waals surface area contributed by atoms with E-state index in [9.17, 15) is 0 Å². The highest BCUT2D eigenvalue weighted by atomic mass is 32.1. The lowest BCUT2D eigenvalue weighted by Gasteiger charge is -2.28. The van der Waals surface area contributed by atoms with Gasteiger partial charge in [-0.3, -0.25) is 0 Å². The summed E-state index contributed by atoms with van der Waals surface area (Å²) < 4.78 is 4.55. The molecular formula is C17H19N3S. The number of rotatable bonds is 4. The van der Waals surface area contributed by atoms with E-state index in [1.54, 1.807) is 11.5 Å². The van der Waals surface area contributed by atoms with E-state index in [-0.39, 0.29) is 0 Å². The molecule has 0 radical (unpaired) electrons. The van der Waals surface area contributed by atoms with Gasteiger partial charge in [-0.05, 0) is 49.1 Å². The van der Waals surface area contributed by atoms with Gasteiger partial charge in [0.25, 0.3) is 0 Å². The summed E-state index contributed by atoms with van der Waals surface area (Å²) in [6.45, 7) is 5.21. The predicted octanol–water partition coefficient (Wildman–Crippen LogP) is 4.29. The van der Waals surface area contributed by atoms with E-state index in [1.807, 2.05) is 24.3 Å². The molecular weight excluding hydrogens is 278 g/mol. The second kappa shape index (κ2) is 5.74. The maximum Gasteiger partial charge on any atom is 0.120 e. The predicted molar refractivity (Wildman–Crippen MR) is 91.8 cm³/mol. The molecule has 0 aliphatic rings. The molecule has 4 heteroatoms. The number of fused-ring (bicyclic) bond motifs is 1. The smallest absolute Gasteiger partial charge is 0.120 e. The van der Waals surface area contributed by atoms with Crippen LogP contribution in [0.15, 0.2) is 48.5 Å². The molecule has 0 unspecified atom stereocenters. The van der Waals surface area contributed by atoms with Crippen LogP contribution in [0.3, 0.4) is 0 Å². The number of para-hydroxylation sites is 1. The summed E-state index contributed by atoms with van der Waals surface area (Å²) in [5, 5.41) is 2.43. The summed E-state index contributed by atoms with van der Waals surface area (Å²) in [4.78, 5) is 2.37. The lowest BCUT2D eigenvalue weighted by atomic mass is 10.1. The molecule has 3 aromatic rings. The fraction of sp³-hybridized carbons (Fsp3) is 0.235. The maximum absolute atomic E-state index is 6.10. The van der Waals surface area contributed by atoms with E-state index in [0.717, 1.165) is 23.3 Å². The number of anilines is 2. The SMILES string of the molecule is CC(C)N(Cc1ccccc1N)c1snc2ccccc12. The molecule has 108 valence electrons. The first kappa shape index (κ1) is 13.9. The number of hydrogen-bond donors (Lipinski definition) is 1. The summed E-state index contributed by atoms with van der Waals surface area (Å²) in [5.41, 5.74) is 9.16. The zero-order chi connectivity index (χ0) is 14.8. The monoisotopic (exact) mass is 297 g/mol. The Labute approximate surface area is 129 Å². The average Bonchev–Trinajstić information content (AvgIpc) is 2.90. The van der Waals surface area contributed by atoms with E-state index in [1.165, 1.54) is 10.4 Å². The zero-order valence-corrected chi connectivity index (χ0v) is 13.1. The third kappa shape index (κ3) is 2.72. The van der Waals surface area contributed by atoms with Gasteiger partial charge in [0, 0.05) is 23.7 Å². The largest absolute Gasteiger partial charge is 0.398 e. The van der Waals surface area contributed by atoms with Crippen LogP contribution in [-0.2, 0) is 6.54 Å². The standard InChI is InChI=1S/C17H19N3S/c1-12(2)20(11-13-7-3-5-9-15(13)18)17-14-8-4-6-10-16(14)19-21-17/h3-10,12H,11,18H2,1-2H3. The van der Waals surface area contributed by atoms with Crippen LogP contribution < -0.4 is 10.6 Å². The Morgan fingerprint density at radius 2 is 1.81 bits per heavy atom. The maximum atomic E-state index is 6.10. The highest BCUT2D eigenvalue weighted by Crippen LogP contribution is 2.33. The molecule has 3 nitrogen and oxygen atoms in total. The van der Waals surface area contributed by atoms with Crippen molar-refractivity contribution in [2.75, 3.05) is 10.6 Å². The van der Waals surface area contributed by atoms with Crippen LogP contribution in [0.5, 0.6) is 0 Å². The second-order valence-corrected chi connectivity index (χ2v) is 6.18. The first-order valence-corrected chi connectivity index (χ1v) is 7.88. The quantitative estimate of drug-likeness (QED) is 0.730. The van der Waals surface area contributed by atoms with Crippen molar-refractivity contribution in [3.8, 4) is 0 Å². The highest BCUT2D eigenvalue weighted by molar-refractivity contribution is 7.11. The van der Waals surface area contributed by atoms with Gasteiger partial charge < -0.3 is 10.6 Å².